The summed E-state index contributed by atoms with van der Waals surface area (Å²) in [6.45, 7) is 6.83. The van der Waals surface area contributed by atoms with Gasteiger partial charge in [-0.3, -0.25) is 4.99 Å². The molecule has 0 radical (unpaired) electrons. The fourth-order valence-electron chi connectivity index (χ4n) is 3.05. The van der Waals surface area contributed by atoms with Crippen molar-refractivity contribution in [3.63, 3.8) is 0 Å². The van der Waals surface area contributed by atoms with Gasteiger partial charge in [0.1, 0.15) is 5.82 Å². The van der Waals surface area contributed by atoms with E-state index in [0.29, 0.717) is 5.92 Å². The minimum Gasteiger partial charge on any atom is -0.357 e. The Kier molecular flexibility index (Phi) is 6.84. The van der Waals surface area contributed by atoms with Crippen molar-refractivity contribution < 1.29 is 4.39 Å². The van der Waals surface area contributed by atoms with Crippen LogP contribution in [0, 0.1) is 11.7 Å². The summed E-state index contributed by atoms with van der Waals surface area (Å²) in [6, 6.07) is 6.66. The first-order chi connectivity index (χ1) is 11.1. The largest absolute Gasteiger partial charge is 0.357 e. The number of nitrogens with one attached hydrogen (secondary N) is 1. The number of piperidine rings is 1. The van der Waals surface area contributed by atoms with Crippen molar-refractivity contribution in [3.05, 3.63) is 35.6 Å². The van der Waals surface area contributed by atoms with E-state index in [0.717, 1.165) is 37.7 Å². The van der Waals surface area contributed by atoms with E-state index >= 15 is 0 Å². The number of benzene rings is 1. The van der Waals surface area contributed by atoms with E-state index in [2.05, 4.69) is 29.1 Å². The van der Waals surface area contributed by atoms with Crippen molar-refractivity contribution in [2.75, 3.05) is 40.3 Å². The van der Waals surface area contributed by atoms with Crippen LogP contribution in [0.1, 0.15) is 25.3 Å². The van der Waals surface area contributed by atoms with E-state index in [9.17, 15) is 4.39 Å². The van der Waals surface area contributed by atoms with Crippen LogP contribution < -0.4 is 5.32 Å². The molecule has 1 unspecified atom stereocenters. The van der Waals surface area contributed by atoms with Crippen molar-refractivity contribution in [1.82, 2.24) is 15.1 Å². The summed E-state index contributed by atoms with van der Waals surface area (Å²) in [6.07, 6.45) is 2.52. The second-order valence-corrected chi connectivity index (χ2v) is 6.45. The third-order valence-corrected chi connectivity index (χ3v) is 4.25. The highest BCUT2D eigenvalue weighted by Gasteiger charge is 2.17. The van der Waals surface area contributed by atoms with Gasteiger partial charge < -0.3 is 15.1 Å². The first-order valence-corrected chi connectivity index (χ1v) is 8.51. The number of hydrogen-bond acceptors (Lipinski definition) is 2. The molecule has 1 saturated heterocycles. The molecule has 2 rings (SSSR count). The van der Waals surface area contributed by atoms with Crippen molar-refractivity contribution in [2.45, 2.75) is 26.3 Å². The van der Waals surface area contributed by atoms with Crippen LogP contribution in [0.5, 0.6) is 0 Å². The maximum Gasteiger partial charge on any atom is 0.193 e. The zero-order chi connectivity index (χ0) is 16.7. The highest BCUT2D eigenvalue weighted by Crippen LogP contribution is 2.15. The zero-order valence-corrected chi connectivity index (χ0v) is 14.6. The molecule has 128 valence electrons. The fraction of sp³-hybridized carbons (Fsp3) is 0.611. The van der Waals surface area contributed by atoms with E-state index < -0.39 is 0 Å². The molecular formula is C18H29FN4. The first-order valence-electron chi connectivity index (χ1n) is 8.51. The standard InChI is InChI=1S/C18H29FN4/c1-4-20-18(21-12-16-6-5-11-22(2)13-16)23(3)14-15-7-9-17(19)10-8-15/h7-10,16H,4-6,11-14H2,1-3H3,(H,20,21). The smallest absolute Gasteiger partial charge is 0.193 e. The highest BCUT2D eigenvalue weighted by molar-refractivity contribution is 5.79. The van der Waals surface area contributed by atoms with Crippen LogP contribution in [0.4, 0.5) is 4.39 Å². The molecule has 1 aliphatic rings. The molecule has 0 aliphatic carbocycles. The molecular weight excluding hydrogens is 291 g/mol. The Labute approximate surface area is 139 Å². The monoisotopic (exact) mass is 320 g/mol. The van der Waals surface area contributed by atoms with Gasteiger partial charge in [0.2, 0.25) is 0 Å². The summed E-state index contributed by atoms with van der Waals surface area (Å²) in [5, 5.41) is 3.35. The lowest BCUT2D eigenvalue weighted by atomic mass is 9.99. The highest BCUT2D eigenvalue weighted by atomic mass is 19.1. The van der Waals surface area contributed by atoms with Gasteiger partial charge in [-0.2, -0.15) is 0 Å². The van der Waals surface area contributed by atoms with Crippen molar-refractivity contribution >= 4 is 5.96 Å². The van der Waals surface area contributed by atoms with Crippen LogP contribution in [-0.4, -0.2) is 56.0 Å². The van der Waals surface area contributed by atoms with Crippen LogP contribution >= 0.6 is 0 Å². The SMILES string of the molecule is CCNC(=NCC1CCCN(C)C1)N(C)Cc1ccc(F)cc1. The Hall–Kier alpha value is -1.62. The summed E-state index contributed by atoms with van der Waals surface area (Å²) in [7, 11) is 4.21. The van der Waals surface area contributed by atoms with Gasteiger partial charge in [0.25, 0.3) is 0 Å². The average molecular weight is 320 g/mol. The van der Waals surface area contributed by atoms with Crippen LogP contribution in [0.3, 0.4) is 0 Å². The number of likely N-dealkylation sites (tertiary alicyclic amines) is 1. The number of halogens is 1. The third-order valence-electron chi connectivity index (χ3n) is 4.25. The van der Waals surface area contributed by atoms with Gasteiger partial charge in [0.15, 0.2) is 5.96 Å². The second kappa shape index (κ2) is 8.87. The topological polar surface area (TPSA) is 30.9 Å². The molecule has 1 aromatic rings. The van der Waals surface area contributed by atoms with E-state index in [-0.39, 0.29) is 5.82 Å². The predicted molar refractivity (Wildman–Crippen MR) is 94.1 cm³/mol. The summed E-state index contributed by atoms with van der Waals surface area (Å²) in [5.41, 5.74) is 1.08. The van der Waals surface area contributed by atoms with Crippen molar-refractivity contribution in [1.29, 1.82) is 0 Å². The quantitative estimate of drug-likeness (QED) is 0.668. The molecule has 1 N–H and O–H groups in total. The Balaban J connectivity index is 1.95. The van der Waals surface area contributed by atoms with Crippen LogP contribution in [0.2, 0.25) is 0 Å². The number of guanidine groups is 1. The lowest BCUT2D eigenvalue weighted by Gasteiger charge is -2.29. The van der Waals surface area contributed by atoms with Crippen molar-refractivity contribution in [2.24, 2.45) is 10.9 Å². The molecule has 0 saturated carbocycles. The minimum absolute atomic E-state index is 0.196. The molecule has 1 heterocycles. The van der Waals surface area contributed by atoms with Gasteiger partial charge in [-0.15, -0.1) is 0 Å². The van der Waals surface area contributed by atoms with Crippen LogP contribution in [0.15, 0.2) is 29.3 Å². The molecule has 1 fully saturated rings. The third kappa shape index (κ3) is 5.82. The normalized spacial score (nSPS) is 19.7. The Bertz CT molecular complexity index is 500. The van der Waals surface area contributed by atoms with E-state index in [1.165, 1.54) is 31.5 Å². The number of aliphatic imine (C=N–C) groups is 1. The van der Waals surface area contributed by atoms with E-state index in [4.69, 9.17) is 4.99 Å². The lowest BCUT2D eigenvalue weighted by Crippen LogP contribution is -2.39. The lowest BCUT2D eigenvalue weighted by molar-refractivity contribution is 0.214. The summed E-state index contributed by atoms with van der Waals surface area (Å²) in [4.78, 5) is 9.30. The van der Waals surface area contributed by atoms with Gasteiger partial charge in [0.05, 0.1) is 0 Å². The zero-order valence-electron chi connectivity index (χ0n) is 14.6. The Morgan fingerprint density at radius 2 is 2.13 bits per heavy atom. The van der Waals surface area contributed by atoms with Gasteiger partial charge in [-0.25, -0.2) is 4.39 Å². The average Bonchev–Trinajstić information content (AvgIpc) is 2.53. The van der Waals surface area contributed by atoms with E-state index in [1.54, 1.807) is 0 Å². The molecule has 5 heteroatoms. The van der Waals surface area contributed by atoms with Crippen molar-refractivity contribution in [3.8, 4) is 0 Å². The molecule has 1 aromatic carbocycles. The predicted octanol–water partition coefficient (Wildman–Crippen LogP) is 2.56. The molecule has 0 bridgehead atoms. The Morgan fingerprint density at radius 3 is 2.78 bits per heavy atom. The van der Waals surface area contributed by atoms with Gasteiger partial charge >= 0.3 is 0 Å². The Morgan fingerprint density at radius 1 is 1.39 bits per heavy atom. The molecule has 0 spiro atoms. The first kappa shape index (κ1) is 17.7. The minimum atomic E-state index is -0.196. The molecule has 4 nitrogen and oxygen atoms in total. The maximum absolute atomic E-state index is 13.0. The number of hydrogen-bond donors (Lipinski definition) is 1. The van der Waals surface area contributed by atoms with Gasteiger partial charge in [-0.05, 0) is 57.0 Å². The molecule has 1 aliphatic heterocycles. The molecule has 0 aromatic heterocycles. The van der Waals surface area contributed by atoms with Gasteiger partial charge in [-0.1, -0.05) is 12.1 Å². The second-order valence-electron chi connectivity index (χ2n) is 6.45. The van der Waals surface area contributed by atoms with E-state index in [1.807, 2.05) is 19.2 Å². The molecule has 1 atom stereocenters. The summed E-state index contributed by atoms with van der Waals surface area (Å²) >= 11 is 0. The van der Waals surface area contributed by atoms with Crippen LogP contribution in [-0.2, 0) is 6.54 Å². The number of rotatable bonds is 5. The summed E-state index contributed by atoms with van der Waals surface area (Å²) in [5.74, 6) is 1.37. The molecule has 23 heavy (non-hydrogen) atoms. The number of nitrogens with zero attached hydrogens (tertiary/aromatic N) is 3. The molecule has 0 amide bonds. The maximum atomic E-state index is 13.0. The van der Waals surface area contributed by atoms with Gasteiger partial charge in [0, 0.05) is 33.2 Å². The summed E-state index contributed by atoms with van der Waals surface area (Å²) < 4.78 is 13.0. The fourth-order valence-corrected chi connectivity index (χ4v) is 3.05. The van der Waals surface area contributed by atoms with Crippen LogP contribution in [0.25, 0.3) is 0 Å².